The molecule has 5 nitrogen and oxygen atoms in total. The van der Waals surface area contributed by atoms with E-state index in [1.165, 1.54) is 19.2 Å². The molecule has 0 atom stereocenters. The molecule has 0 unspecified atom stereocenters. The average Bonchev–Trinajstić information content (AvgIpc) is 2.25. The van der Waals surface area contributed by atoms with Crippen molar-refractivity contribution in [3.05, 3.63) is 22.2 Å². The quantitative estimate of drug-likeness (QED) is 0.818. The van der Waals surface area contributed by atoms with Crippen molar-refractivity contribution >= 4 is 41.6 Å². The maximum Gasteiger partial charge on any atom is 0.303 e. The van der Waals surface area contributed by atoms with E-state index in [2.05, 4.69) is 15.9 Å². The van der Waals surface area contributed by atoms with Gasteiger partial charge in [-0.15, -0.1) is 0 Å². The number of aryl methyl sites for hydroxylation is 1. The smallest absolute Gasteiger partial charge is 0.303 e. The van der Waals surface area contributed by atoms with Crippen LogP contribution >= 0.6 is 26.6 Å². The minimum Gasteiger partial charge on any atom is -0.495 e. The molecule has 100 valence electrons. The number of carboxylic acid groups (broad SMARTS) is 1. The van der Waals surface area contributed by atoms with Crippen LogP contribution in [0.25, 0.3) is 0 Å². The third-order valence-electron chi connectivity index (χ3n) is 2.20. The lowest BCUT2D eigenvalue weighted by Gasteiger charge is -2.10. The fraction of sp³-hybridized carbons (Fsp3) is 0.300. The Labute approximate surface area is 117 Å². The van der Waals surface area contributed by atoms with Crippen molar-refractivity contribution in [2.75, 3.05) is 7.11 Å². The number of hydrogen-bond acceptors (Lipinski definition) is 4. The van der Waals surface area contributed by atoms with Crippen LogP contribution < -0.4 is 4.74 Å². The first kappa shape index (κ1) is 15.3. The van der Waals surface area contributed by atoms with Gasteiger partial charge in [0.05, 0.1) is 7.11 Å². The van der Waals surface area contributed by atoms with Gasteiger partial charge in [0.1, 0.15) is 10.6 Å². The van der Waals surface area contributed by atoms with Crippen molar-refractivity contribution in [3.63, 3.8) is 0 Å². The van der Waals surface area contributed by atoms with Crippen molar-refractivity contribution in [2.45, 2.75) is 17.7 Å². The standard InChI is InChI=1S/C10H10BrClO5S/c1-17-8-5-7(11)6(2-3-10(13)14)4-9(8)18(12,15)16/h4-5H,2-3H2,1H3,(H,13,14). The van der Waals surface area contributed by atoms with Crippen molar-refractivity contribution in [3.8, 4) is 5.75 Å². The fourth-order valence-electron chi connectivity index (χ4n) is 1.36. The lowest BCUT2D eigenvalue weighted by Crippen LogP contribution is -2.02. The van der Waals surface area contributed by atoms with Gasteiger partial charge in [-0.3, -0.25) is 4.79 Å². The van der Waals surface area contributed by atoms with Gasteiger partial charge in [-0.05, 0) is 24.1 Å². The Bertz CT molecular complexity index is 570. The van der Waals surface area contributed by atoms with Crippen LogP contribution in [0.2, 0.25) is 0 Å². The highest BCUT2D eigenvalue weighted by Crippen LogP contribution is 2.33. The highest BCUT2D eigenvalue weighted by molar-refractivity contribution is 9.10. The van der Waals surface area contributed by atoms with Gasteiger partial charge in [-0.25, -0.2) is 8.42 Å². The lowest BCUT2D eigenvalue weighted by molar-refractivity contribution is -0.136. The van der Waals surface area contributed by atoms with E-state index in [0.29, 0.717) is 10.0 Å². The summed E-state index contributed by atoms with van der Waals surface area (Å²) in [5.74, 6) is -0.857. The highest BCUT2D eigenvalue weighted by atomic mass is 79.9. The Balaban J connectivity index is 3.26. The van der Waals surface area contributed by atoms with Gasteiger partial charge in [0.15, 0.2) is 0 Å². The molecule has 8 heteroatoms. The minimum absolute atomic E-state index is 0.104. The zero-order valence-corrected chi connectivity index (χ0v) is 12.5. The SMILES string of the molecule is COc1cc(Br)c(CCC(=O)O)cc1S(=O)(=O)Cl. The van der Waals surface area contributed by atoms with Crippen LogP contribution in [-0.2, 0) is 20.3 Å². The average molecular weight is 358 g/mol. The van der Waals surface area contributed by atoms with Gasteiger partial charge >= 0.3 is 5.97 Å². The molecule has 0 heterocycles. The molecule has 18 heavy (non-hydrogen) atoms. The summed E-state index contributed by atoms with van der Waals surface area (Å²) in [6.07, 6.45) is 0.0893. The molecule has 0 saturated heterocycles. The molecule has 0 spiro atoms. The van der Waals surface area contributed by atoms with E-state index in [0.717, 1.165) is 0 Å². The van der Waals surface area contributed by atoms with E-state index in [9.17, 15) is 13.2 Å². The van der Waals surface area contributed by atoms with Crippen LogP contribution in [-0.4, -0.2) is 26.6 Å². The molecule has 0 fully saturated rings. The van der Waals surface area contributed by atoms with Crippen LogP contribution in [0.5, 0.6) is 5.75 Å². The number of hydrogen-bond donors (Lipinski definition) is 1. The maximum atomic E-state index is 11.4. The van der Waals surface area contributed by atoms with E-state index >= 15 is 0 Å². The molecule has 0 aliphatic rings. The minimum atomic E-state index is -3.94. The largest absolute Gasteiger partial charge is 0.495 e. The van der Waals surface area contributed by atoms with E-state index in [1.807, 2.05) is 0 Å². The molecule has 0 amide bonds. The summed E-state index contributed by atoms with van der Waals surface area (Å²) in [7, 11) is 2.67. The molecule has 0 aliphatic carbocycles. The number of ether oxygens (including phenoxy) is 1. The second-order valence-electron chi connectivity index (χ2n) is 3.43. The summed E-state index contributed by atoms with van der Waals surface area (Å²) in [5, 5.41) is 8.61. The van der Waals surface area contributed by atoms with Gasteiger partial charge in [-0.1, -0.05) is 15.9 Å². The van der Waals surface area contributed by atoms with E-state index in [-0.39, 0.29) is 23.5 Å². The first-order chi connectivity index (χ1) is 8.25. The van der Waals surface area contributed by atoms with Gasteiger partial charge < -0.3 is 9.84 Å². The number of rotatable bonds is 5. The molecular formula is C10H10BrClO5S. The zero-order chi connectivity index (χ0) is 13.9. The molecule has 0 aliphatic heterocycles. The Morgan fingerprint density at radius 1 is 1.50 bits per heavy atom. The first-order valence-electron chi connectivity index (χ1n) is 4.78. The van der Waals surface area contributed by atoms with E-state index in [1.54, 1.807) is 0 Å². The second kappa shape index (κ2) is 5.90. The Hall–Kier alpha value is -0.790. The molecule has 1 N–H and O–H groups in total. The summed E-state index contributed by atoms with van der Waals surface area (Å²) in [5.41, 5.74) is 0.539. The number of halogens is 2. The van der Waals surface area contributed by atoms with Gasteiger partial charge in [0, 0.05) is 21.6 Å². The molecule has 1 aromatic rings. The number of carbonyl (C=O) groups is 1. The second-order valence-corrected chi connectivity index (χ2v) is 6.81. The summed E-state index contributed by atoms with van der Waals surface area (Å²) >= 11 is 3.23. The summed E-state index contributed by atoms with van der Waals surface area (Å²) in [4.78, 5) is 10.3. The summed E-state index contributed by atoms with van der Waals surface area (Å²) in [6.45, 7) is 0. The Morgan fingerprint density at radius 3 is 2.56 bits per heavy atom. The van der Waals surface area contributed by atoms with Crippen molar-refractivity contribution in [2.24, 2.45) is 0 Å². The van der Waals surface area contributed by atoms with Crippen LogP contribution in [0.15, 0.2) is 21.5 Å². The van der Waals surface area contributed by atoms with Gasteiger partial charge in [-0.2, -0.15) is 0 Å². The predicted molar refractivity (Wildman–Crippen MR) is 69.7 cm³/mol. The first-order valence-corrected chi connectivity index (χ1v) is 7.88. The third kappa shape index (κ3) is 3.86. The monoisotopic (exact) mass is 356 g/mol. The number of methoxy groups -OCH3 is 1. The predicted octanol–water partition coefficient (Wildman–Crippen LogP) is 2.40. The molecule has 1 rings (SSSR count). The Kier molecular flexibility index (Phi) is 5.01. The molecule has 0 bridgehead atoms. The van der Waals surface area contributed by atoms with Crippen molar-refractivity contribution < 1.29 is 23.1 Å². The fourth-order valence-corrected chi connectivity index (χ4v) is 2.91. The van der Waals surface area contributed by atoms with Gasteiger partial charge in [0.25, 0.3) is 9.05 Å². The van der Waals surface area contributed by atoms with Crippen LogP contribution in [0.3, 0.4) is 0 Å². The van der Waals surface area contributed by atoms with Crippen molar-refractivity contribution in [1.82, 2.24) is 0 Å². The molecule has 0 aromatic heterocycles. The van der Waals surface area contributed by atoms with E-state index in [4.69, 9.17) is 20.5 Å². The third-order valence-corrected chi connectivity index (χ3v) is 4.28. The van der Waals surface area contributed by atoms with Crippen LogP contribution in [0, 0.1) is 0 Å². The van der Waals surface area contributed by atoms with Gasteiger partial charge in [0.2, 0.25) is 0 Å². The highest BCUT2D eigenvalue weighted by Gasteiger charge is 2.19. The molecule has 0 radical (unpaired) electrons. The Morgan fingerprint density at radius 2 is 2.11 bits per heavy atom. The van der Waals surface area contributed by atoms with Crippen molar-refractivity contribution in [1.29, 1.82) is 0 Å². The normalized spacial score (nSPS) is 11.3. The summed E-state index contributed by atoms with van der Waals surface area (Å²) < 4.78 is 28.2. The zero-order valence-electron chi connectivity index (χ0n) is 9.31. The maximum absolute atomic E-state index is 11.4. The molecular weight excluding hydrogens is 348 g/mol. The van der Waals surface area contributed by atoms with E-state index < -0.39 is 15.0 Å². The lowest BCUT2D eigenvalue weighted by atomic mass is 10.1. The molecule has 0 saturated carbocycles. The van der Waals surface area contributed by atoms with Crippen LogP contribution in [0.4, 0.5) is 0 Å². The number of aliphatic carboxylic acids is 1. The van der Waals surface area contributed by atoms with Crippen LogP contribution in [0.1, 0.15) is 12.0 Å². The number of carboxylic acids is 1. The topological polar surface area (TPSA) is 80.7 Å². The molecule has 1 aromatic carbocycles. The summed E-state index contributed by atoms with van der Waals surface area (Å²) in [6, 6.07) is 2.76. The number of benzene rings is 1.